The van der Waals surface area contributed by atoms with E-state index in [4.69, 9.17) is 0 Å². The number of benzene rings is 1. The maximum Gasteiger partial charge on any atom is 0.0634 e. The first kappa shape index (κ1) is 19.9. The predicted octanol–water partition coefficient (Wildman–Crippen LogP) is 5.26. The molecule has 0 radical (unpaired) electrons. The summed E-state index contributed by atoms with van der Waals surface area (Å²) in [6.45, 7) is 18.1. The van der Waals surface area contributed by atoms with Gasteiger partial charge >= 0.3 is 0 Å². The van der Waals surface area contributed by atoms with Crippen LogP contribution in [0, 0.1) is 12.8 Å². The minimum absolute atomic E-state index is 0.319. The molecule has 0 bridgehead atoms. The van der Waals surface area contributed by atoms with E-state index in [0.717, 1.165) is 47.4 Å². The van der Waals surface area contributed by atoms with Gasteiger partial charge in [-0.25, -0.2) is 0 Å². The van der Waals surface area contributed by atoms with Gasteiger partial charge in [0, 0.05) is 23.6 Å². The summed E-state index contributed by atoms with van der Waals surface area (Å²) in [6.07, 6.45) is 9.09. The molecule has 1 aliphatic rings. The first-order chi connectivity index (χ1) is 13.6. The molecule has 0 fully saturated rings. The maximum atomic E-state index is 4.53. The zero-order valence-electron chi connectivity index (χ0n) is 17.1. The van der Waals surface area contributed by atoms with Crippen molar-refractivity contribution in [3.8, 4) is 0 Å². The van der Waals surface area contributed by atoms with Crippen molar-refractivity contribution in [1.29, 1.82) is 0 Å². The van der Waals surface area contributed by atoms with Crippen LogP contribution in [0.25, 0.3) is 11.6 Å². The second-order valence-corrected chi connectivity index (χ2v) is 7.45. The zero-order valence-corrected chi connectivity index (χ0v) is 17.1. The molecule has 28 heavy (non-hydrogen) atoms. The minimum atomic E-state index is 0.319. The highest BCUT2D eigenvalue weighted by atomic mass is 15.7. The van der Waals surface area contributed by atoms with Crippen molar-refractivity contribution in [2.24, 2.45) is 10.9 Å². The molecular formula is C24H30N4. The Balaban J connectivity index is 1.99. The second-order valence-electron chi connectivity index (χ2n) is 7.45. The van der Waals surface area contributed by atoms with Gasteiger partial charge in [0.1, 0.15) is 0 Å². The molecule has 0 saturated heterocycles. The molecule has 0 aliphatic carbocycles. The van der Waals surface area contributed by atoms with Crippen LogP contribution in [0.15, 0.2) is 66.1 Å². The molecule has 1 unspecified atom stereocenters. The first-order valence-corrected chi connectivity index (χ1v) is 9.95. The van der Waals surface area contributed by atoms with Crippen LogP contribution in [0.3, 0.4) is 0 Å². The van der Waals surface area contributed by atoms with Crippen molar-refractivity contribution in [1.82, 2.24) is 9.89 Å². The molecule has 0 N–H and O–H groups in total. The van der Waals surface area contributed by atoms with Gasteiger partial charge in [-0.2, -0.15) is 9.89 Å². The number of nitrogens with zero attached hydrogens (tertiary/aromatic N) is 4. The standard InChI is InChI=1S/C24H30N4/c1-6-8-9-22-16-27(28-15-20(7-2)14-26-28)17-23(24(22)25-5)19(4)21-12-10-18(3)11-13-21/h7,10-15,22H,2,4-6,8-9,16-17H2,1,3H3. The van der Waals surface area contributed by atoms with Crippen LogP contribution < -0.4 is 5.01 Å². The van der Waals surface area contributed by atoms with Crippen LogP contribution in [0.1, 0.15) is 42.9 Å². The average Bonchev–Trinajstić information content (AvgIpc) is 3.21. The topological polar surface area (TPSA) is 33.4 Å². The number of aryl methyl sites for hydroxylation is 1. The number of aromatic nitrogens is 2. The Labute approximate surface area is 168 Å². The molecule has 4 nitrogen and oxygen atoms in total. The monoisotopic (exact) mass is 374 g/mol. The Bertz CT molecular complexity index is 886. The quantitative estimate of drug-likeness (QED) is 0.591. The molecule has 2 aromatic rings. The highest BCUT2D eigenvalue weighted by molar-refractivity contribution is 5.79. The lowest BCUT2D eigenvalue weighted by Gasteiger charge is -2.36. The Morgan fingerprint density at radius 2 is 2.07 bits per heavy atom. The summed E-state index contributed by atoms with van der Waals surface area (Å²) in [7, 11) is 0. The van der Waals surface area contributed by atoms with E-state index in [1.807, 2.05) is 23.3 Å². The number of rotatable bonds is 8. The van der Waals surface area contributed by atoms with Gasteiger partial charge in [0.05, 0.1) is 24.6 Å². The molecule has 0 saturated carbocycles. The smallest absolute Gasteiger partial charge is 0.0634 e. The summed E-state index contributed by atoms with van der Waals surface area (Å²) in [6, 6.07) is 8.52. The van der Waals surface area contributed by atoms with Gasteiger partial charge in [0.2, 0.25) is 0 Å². The van der Waals surface area contributed by atoms with E-state index in [9.17, 15) is 0 Å². The largest absolute Gasteiger partial charge is 0.292 e. The Morgan fingerprint density at radius 1 is 1.32 bits per heavy atom. The van der Waals surface area contributed by atoms with Crippen molar-refractivity contribution in [3.05, 3.63) is 77.8 Å². The second kappa shape index (κ2) is 8.87. The fourth-order valence-electron chi connectivity index (χ4n) is 3.74. The van der Waals surface area contributed by atoms with Crippen molar-refractivity contribution in [3.63, 3.8) is 0 Å². The Kier molecular flexibility index (Phi) is 6.30. The molecule has 1 aliphatic heterocycles. The Hall–Kier alpha value is -2.88. The summed E-state index contributed by atoms with van der Waals surface area (Å²) < 4.78 is 0. The lowest BCUT2D eigenvalue weighted by molar-refractivity contribution is 0.428. The fourth-order valence-corrected chi connectivity index (χ4v) is 3.74. The first-order valence-electron chi connectivity index (χ1n) is 9.95. The number of hydrogen-bond donors (Lipinski definition) is 0. The lowest BCUT2D eigenvalue weighted by atomic mass is 9.87. The van der Waals surface area contributed by atoms with E-state index < -0.39 is 0 Å². The third kappa shape index (κ3) is 4.16. The van der Waals surface area contributed by atoms with Crippen LogP contribution in [-0.4, -0.2) is 29.7 Å². The zero-order chi connectivity index (χ0) is 20.1. The maximum absolute atomic E-state index is 4.53. The molecular weight excluding hydrogens is 344 g/mol. The molecule has 1 aromatic carbocycles. The summed E-state index contributed by atoms with van der Waals surface area (Å²) in [5.74, 6) is 0.319. The molecule has 146 valence electrons. The fraction of sp³-hybridized carbons (Fsp3) is 0.333. The highest BCUT2D eigenvalue weighted by Gasteiger charge is 2.29. The Morgan fingerprint density at radius 3 is 2.68 bits per heavy atom. The summed E-state index contributed by atoms with van der Waals surface area (Å²) in [5.41, 5.74) is 6.65. The van der Waals surface area contributed by atoms with E-state index >= 15 is 0 Å². The van der Waals surface area contributed by atoms with Gasteiger partial charge in [-0.05, 0) is 31.2 Å². The minimum Gasteiger partial charge on any atom is -0.292 e. The number of aliphatic imine (C=N–C) groups is 1. The van der Waals surface area contributed by atoms with Gasteiger partial charge in [-0.3, -0.25) is 10.0 Å². The normalized spacial score (nSPS) is 16.9. The van der Waals surface area contributed by atoms with Gasteiger partial charge in [0.15, 0.2) is 0 Å². The van der Waals surface area contributed by atoms with Crippen LogP contribution in [0.5, 0.6) is 0 Å². The van der Waals surface area contributed by atoms with E-state index in [0.29, 0.717) is 12.5 Å². The van der Waals surface area contributed by atoms with Gasteiger partial charge in [-0.1, -0.05) is 68.8 Å². The van der Waals surface area contributed by atoms with E-state index in [1.54, 1.807) is 0 Å². The molecule has 3 rings (SSSR count). The van der Waals surface area contributed by atoms with Crippen LogP contribution in [0.2, 0.25) is 0 Å². The van der Waals surface area contributed by atoms with Crippen LogP contribution in [0.4, 0.5) is 0 Å². The van der Waals surface area contributed by atoms with E-state index in [1.165, 1.54) is 12.0 Å². The van der Waals surface area contributed by atoms with Crippen molar-refractivity contribution >= 4 is 18.4 Å². The van der Waals surface area contributed by atoms with Crippen molar-refractivity contribution in [2.75, 3.05) is 18.1 Å². The molecule has 1 aromatic heterocycles. The van der Waals surface area contributed by atoms with Gasteiger partial charge in [-0.15, -0.1) is 0 Å². The predicted molar refractivity (Wildman–Crippen MR) is 120 cm³/mol. The van der Waals surface area contributed by atoms with Crippen molar-refractivity contribution in [2.45, 2.75) is 33.1 Å². The SMILES string of the molecule is C=Cc1cnn(N2CC(C(=C)c3ccc(C)cc3)=C(N=C)C(CCCC)C2)c1. The van der Waals surface area contributed by atoms with Gasteiger partial charge < -0.3 is 0 Å². The van der Waals surface area contributed by atoms with E-state index in [2.05, 4.69) is 73.1 Å². The number of unbranched alkanes of at least 4 members (excludes halogenated alkanes) is 1. The molecule has 0 amide bonds. The van der Waals surface area contributed by atoms with Crippen LogP contribution >= 0.6 is 0 Å². The lowest BCUT2D eigenvalue weighted by Crippen LogP contribution is -2.44. The van der Waals surface area contributed by atoms with Crippen molar-refractivity contribution < 1.29 is 0 Å². The van der Waals surface area contributed by atoms with Crippen LogP contribution in [-0.2, 0) is 0 Å². The summed E-state index contributed by atoms with van der Waals surface area (Å²) in [5, 5.41) is 6.79. The molecule has 4 heteroatoms. The third-order valence-corrected chi connectivity index (χ3v) is 5.42. The van der Waals surface area contributed by atoms with E-state index in [-0.39, 0.29) is 0 Å². The highest BCUT2D eigenvalue weighted by Crippen LogP contribution is 2.34. The molecule has 0 spiro atoms. The average molecular weight is 375 g/mol. The molecule has 2 heterocycles. The summed E-state index contributed by atoms with van der Waals surface area (Å²) >= 11 is 0. The van der Waals surface area contributed by atoms with Gasteiger partial charge in [0.25, 0.3) is 0 Å². The third-order valence-electron chi connectivity index (χ3n) is 5.42. The molecule has 1 atom stereocenters. The number of hydrogen-bond acceptors (Lipinski definition) is 3. The summed E-state index contributed by atoms with van der Waals surface area (Å²) in [4.78, 5) is 6.40.